The quantitative estimate of drug-likeness (QED) is 0.754. The lowest BCUT2D eigenvalue weighted by Gasteiger charge is -2.10. The Kier molecular flexibility index (Phi) is 3.69. The van der Waals surface area contributed by atoms with Crippen molar-refractivity contribution in [2.24, 2.45) is 0 Å². The van der Waals surface area contributed by atoms with Crippen LogP contribution < -0.4 is 0 Å². The summed E-state index contributed by atoms with van der Waals surface area (Å²) >= 11 is 0. The van der Waals surface area contributed by atoms with Crippen LogP contribution in [0.2, 0.25) is 0 Å². The van der Waals surface area contributed by atoms with Crippen molar-refractivity contribution in [2.75, 3.05) is 12.5 Å². The predicted octanol–water partition coefficient (Wildman–Crippen LogP) is 0.438. The fraction of sp³-hybridized carbons (Fsp3) is 0.455. The third-order valence-electron chi connectivity index (χ3n) is 2.87. The molecule has 0 amide bonds. The molecule has 0 unspecified atom stereocenters. The number of hydrogen-bond donors (Lipinski definition) is 0. The molecule has 106 valence electrons. The van der Waals surface area contributed by atoms with Gasteiger partial charge in [-0.25, -0.2) is 8.42 Å². The Morgan fingerprint density at radius 3 is 2.32 bits per heavy atom. The number of rotatable bonds is 4. The Morgan fingerprint density at radius 2 is 1.74 bits per heavy atom. The van der Waals surface area contributed by atoms with Gasteiger partial charge in [-0.1, -0.05) is 18.2 Å². The maximum absolute atomic E-state index is 11.5. The van der Waals surface area contributed by atoms with Gasteiger partial charge in [0.1, 0.15) is 0 Å². The van der Waals surface area contributed by atoms with Crippen LogP contribution in [0.1, 0.15) is 16.7 Å². The second-order valence-corrected chi connectivity index (χ2v) is 8.23. The topological polar surface area (TPSA) is 80.8 Å². The van der Waals surface area contributed by atoms with E-state index >= 15 is 0 Å². The van der Waals surface area contributed by atoms with Gasteiger partial charge in [-0.05, 0) is 16.7 Å². The molecule has 0 bridgehead atoms. The number of hydrogen-bond acceptors (Lipinski definition) is 5. The molecule has 8 heteroatoms. The van der Waals surface area contributed by atoms with Crippen LogP contribution in [0.4, 0.5) is 0 Å². The molecular formula is C11H15NO5S2. The van der Waals surface area contributed by atoms with Crippen molar-refractivity contribution < 1.29 is 21.0 Å². The molecule has 0 aliphatic carbocycles. The number of sulfonamides is 1. The second kappa shape index (κ2) is 4.86. The molecule has 0 aromatic heterocycles. The van der Waals surface area contributed by atoms with E-state index < -0.39 is 20.1 Å². The molecule has 1 heterocycles. The summed E-state index contributed by atoms with van der Waals surface area (Å²) in [4.78, 5) is 0. The summed E-state index contributed by atoms with van der Waals surface area (Å²) in [7, 11) is -6.69. The van der Waals surface area contributed by atoms with E-state index in [1.54, 1.807) is 12.1 Å². The summed E-state index contributed by atoms with van der Waals surface area (Å²) in [6.45, 7) is 0.646. The van der Waals surface area contributed by atoms with Gasteiger partial charge in [0.25, 0.3) is 10.1 Å². The highest BCUT2D eigenvalue weighted by Crippen LogP contribution is 2.26. The zero-order valence-corrected chi connectivity index (χ0v) is 12.3. The molecule has 2 rings (SSSR count). The molecule has 0 saturated carbocycles. The average Bonchev–Trinajstić information content (AvgIpc) is 2.67. The van der Waals surface area contributed by atoms with Gasteiger partial charge in [0.2, 0.25) is 10.0 Å². The fourth-order valence-corrected chi connectivity index (χ4v) is 3.01. The van der Waals surface area contributed by atoms with Crippen LogP contribution in [0.5, 0.6) is 0 Å². The lowest BCUT2D eigenvalue weighted by atomic mass is 10.1. The SMILES string of the molecule is CS(=O)(=O)OCc1ccc2c(c1)CN(S(C)(=O)=O)C2. The standard InChI is InChI=1S/C11H15NO5S2/c1-18(13,14)12-6-10-4-3-9(5-11(10)7-12)8-17-19(2,15)16/h3-5H,6-8H2,1-2H3. The van der Waals surface area contributed by atoms with E-state index in [1.807, 2.05) is 6.07 Å². The van der Waals surface area contributed by atoms with E-state index in [0.29, 0.717) is 18.7 Å². The molecule has 0 radical (unpaired) electrons. The zero-order valence-electron chi connectivity index (χ0n) is 10.7. The van der Waals surface area contributed by atoms with Gasteiger partial charge in [-0.2, -0.15) is 12.7 Å². The number of benzene rings is 1. The van der Waals surface area contributed by atoms with Crippen molar-refractivity contribution in [1.82, 2.24) is 4.31 Å². The average molecular weight is 305 g/mol. The van der Waals surface area contributed by atoms with Crippen LogP contribution in [-0.2, 0) is 44.0 Å². The molecule has 0 N–H and O–H groups in total. The first-order chi connectivity index (χ1) is 8.65. The molecule has 19 heavy (non-hydrogen) atoms. The normalized spacial score (nSPS) is 16.5. The first-order valence-electron chi connectivity index (χ1n) is 5.55. The van der Waals surface area contributed by atoms with Crippen molar-refractivity contribution in [3.63, 3.8) is 0 Å². The molecule has 0 spiro atoms. The molecule has 1 aromatic carbocycles. The highest BCUT2D eigenvalue weighted by atomic mass is 32.2. The number of fused-ring (bicyclic) bond motifs is 1. The van der Waals surface area contributed by atoms with Gasteiger partial charge in [-0.3, -0.25) is 4.18 Å². The molecule has 1 aliphatic heterocycles. The van der Waals surface area contributed by atoms with Crippen molar-refractivity contribution in [2.45, 2.75) is 19.7 Å². The van der Waals surface area contributed by atoms with Gasteiger partial charge in [0.05, 0.1) is 19.1 Å². The summed E-state index contributed by atoms with van der Waals surface area (Å²) in [5.41, 5.74) is 2.54. The number of nitrogens with zero attached hydrogens (tertiary/aromatic N) is 1. The van der Waals surface area contributed by atoms with E-state index in [1.165, 1.54) is 10.6 Å². The molecule has 0 atom stereocenters. The molecular weight excluding hydrogens is 290 g/mol. The van der Waals surface area contributed by atoms with E-state index in [2.05, 4.69) is 0 Å². The molecule has 0 fully saturated rings. The van der Waals surface area contributed by atoms with Crippen LogP contribution in [0.3, 0.4) is 0 Å². The van der Waals surface area contributed by atoms with E-state index in [4.69, 9.17) is 4.18 Å². The van der Waals surface area contributed by atoms with Gasteiger partial charge in [0.15, 0.2) is 0 Å². The largest absolute Gasteiger partial charge is 0.265 e. The van der Waals surface area contributed by atoms with Crippen molar-refractivity contribution >= 4 is 20.1 Å². The summed E-state index contributed by atoms with van der Waals surface area (Å²) < 4.78 is 50.8. The predicted molar refractivity (Wildman–Crippen MR) is 70.2 cm³/mol. The molecule has 1 aromatic rings. The Hall–Kier alpha value is -0.960. The highest BCUT2D eigenvalue weighted by molar-refractivity contribution is 7.88. The monoisotopic (exact) mass is 305 g/mol. The van der Waals surface area contributed by atoms with E-state index in [-0.39, 0.29) is 6.61 Å². The Morgan fingerprint density at radius 1 is 1.11 bits per heavy atom. The molecule has 0 saturated heterocycles. The minimum atomic E-state index is -3.48. The first kappa shape index (κ1) is 14.4. The molecule has 6 nitrogen and oxygen atoms in total. The lowest BCUT2D eigenvalue weighted by Crippen LogP contribution is -2.23. The van der Waals surface area contributed by atoms with Crippen LogP contribution in [-0.4, -0.2) is 33.7 Å². The van der Waals surface area contributed by atoms with Crippen LogP contribution in [0.15, 0.2) is 18.2 Å². The highest BCUT2D eigenvalue weighted by Gasteiger charge is 2.25. The van der Waals surface area contributed by atoms with Gasteiger partial charge in [-0.15, -0.1) is 0 Å². The Labute approximate surface area is 113 Å². The Balaban J connectivity index is 2.15. The summed E-state index contributed by atoms with van der Waals surface area (Å²) in [5.74, 6) is 0. The lowest BCUT2D eigenvalue weighted by molar-refractivity contribution is 0.311. The van der Waals surface area contributed by atoms with Crippen LogP contribution >= 0.6 is 0 Å². The van der Waals surface area contributed by atoms with Gasteiger partial charge >= 0.3 is 0 Å². The first-order valence-corrected chi connectivity index (χ1v) is 9.22. The van der Waals surface area contributed by atoms with Crippen LogP contribution in [0, 0.1) is 0 Å². The summed E-state index contributed by atoms with van der Waals surface area (Å²) in [6, 6.07) is 5.34. The third kappa shape index (κ3) is 3.75. The molecule has 1 aliphatic rings. The van der Waals surface area contributed by atoms with Gasteiger partial charge in [0, 0.05) is 13.1 Å². The minimum absolute atomic E-state index is 0.0367. The van der Waals surface area contributed by atoms with Crippen molar-refractivity contribution in [1.29, 1.82) is 0 Å². The smallest absolute Gasteiger partial charge is 0.264 e. The van der Waals surface area contributed by atoms with E-state index in [9.17, 15) is 16.8 Å². The maximum Gasteiger partial charge on any atom is 0.264 e. The van der Waals surface area contributed by atoms with Crippen molar-refractivity contribution in [3.8, 4) is 0 Å². The second-order valence-electron chi connectivity index (χ2n) is 4.60. The summed E-state index contributed by atoms with van der Waals surface area (Å²) in [5, 5.41) is 0. The summed E-state index contributed by atoms with van der Waals surface area (Å²) in [6.07, 6.45) is 2.16. The third-order valence-corrected chi connectivity index (χ3v) is 4.61. The van der Waals surface area contributed by atoms with Crippen molar-refractivity contribution in [3.05, 3.63) is 34.9 Å². The Bertz CT molecular complexity index is 694. The zero-order chi connectivity index (χ0) is 14.3. The van der Waals surface area contributed by atoms with E-state index in [0.717, 1.165) is 17.4 Å². The minimum Gasteiger partial charge on any atom is -0.265 e. The fourth-order valence-electron chi connectivity index (χ4n) is 1.92. The van der Waals surface area contributed by atoms with Crippen LogP contribution in [0.25, 0.3) is 0 Å². The maximum atomic E-state index is 11.5. The van der Waals surface area contributed by atoms with Gasteiger partial charge < -0.3 is 0 Å².